The zero-order valence-electron chi connectivity index (χ0n) is 7.28. The van der Waals surface area contributed by atoms with Crippen LogP contribution in [0.15, 0.2) is 12.1 Å². The first-order valence-electron chi connectivity index (χ1n) is 3.92. The van der Waals surface area contributed by atoms with E-state index in [1.54, 1.807) is 0 Å². The fourth-order valence-corrected chi connectivity index (χ4v) is 1.25. The molecular formula is C10H10F3. The molecule has 0 aliphatic heterocycles. The molecule has 0 aliphatic carbocycles. The number of rotatable bonds is 2. The molecule has 0 bridgehead atoms. The van der Waals surface area contributed by atoms with E-state index >= 15 is 0 Å². The van der Waals surface area contributed by atoms with Crippen LogP contribution in [0.25, 0.3) is 0 Å². The highest BCUT2D eigenvalue weighted by Gasteiger charge is 2.16. The molecule has 0 aromatic heterocycles. The van der Waals surface area contributed by atoms with Crippen LogP contribution in [0.1, 0.15) is 23.1 Å². The van der Waals surface area contributed by atoms with Crippen molar-refractivity contribution in [2.45, 2.75) is 19.8 Å². The third-order valence-corrected chi connectivity index (χ3v) is 1.90. The minimum atomic E-state index is -2.75. The van der Waals surface area contributed by atoms with Gasteiger partial charge < -0.3 is 0 Å². The molecule has 0 N–H and O–H groups in total. The summed E-state index contributed by atoms with van der Waals surface area (Å²) in [5.74, 6) is -0.839. The Balaban J connectivity index is 3.23. The fraction of sp³-hybridized carbons (Fsp3) is 0.300. The Labute approximate surface area is 75.4 Å². The van der Waals surface area contributed by atoms with E-state index in [0.29, 0.717) is 12.0 Å². The Morgan fingerprint density at radius 3 is 2.38 bits per heavy atom. The van der Waals surface area contributed by atoms with Gasteiger partial charge in [0.05, 0.1) is 5.56 Å². The lowest BCUT2D eigenvalue weighted by molar-refractivity contribution is 0.145. The van der Waals surface area contributed by atoms with Gasteiger partial charge in [0.25, 0.3) is 6.43 Å². The van der Waals surface area contributed by atoms with Gasteiger partial charge in [-0.1, -0.05) is 6.07 Å². The molecule has 0 amide bonds. The zero-order valence-corrected chi connectivity index (χ0v) is 7.28. The average molecular weight is 187 g/mol. The minimum absolute atomic E-state index is 0.286. The number of benzene rings is 1. The van der Waals surface area contributed by atoms with Crippen molar-refractivity contribution in [3.63, 3.8) is 0 Å². The summed E-state index contributed by atoms with van der Waals surface area (Å²) in [5.41, 5.74) is 0.422. The topological polar surface area (TPSA) is 0 Å². The number of hydrogen-bond acceptors (Lipinski definition) is 0. The molecule has 0 spiro atoms. The predicted molar refractivity (Wildman–Crippen MR) is 45.2 cm³/mol. The summed E-state index contributed by atoms with van der Waals surface area (Å²) in [6.07, 6.45) is -2.35. The van der Waals surface area contributed by atoms with E-state index in [2.05, 4.69) is 6.92 Å². The van der Waals surface area contributed by atoms with Crippen LogP contribution in [0.4, 0.5) is 13.2 Å². The average Bonchev–Trinajstić information content (AvgIpc) is 2.02. The van der Waals surface area contributed by atoms with Crippen LogP contribution < -0.4 is 0 Å². The van der Waals surface area contributed by atoms with Crippen LogP contribution in [-0.4, -0.2) is 0 Å². The standard InChI is InChI=1S/C10H10F3/c1-3-7-4-6(2)9(10(12)13)8(11)5-7/h4-5,10H,1,3H2,2H3. The predicted octanol–water partition coefficient (Wildman–Crippen LogP) is 3.45. The Morgan fingerprint density at radius 2 is 2.00 bits per heavy atom. The molecule has 0 nitrogen and oxygen atoms in total. The van der Waals surface area contributed by atoms with E-state index in [1.807, 2.05) is 0 Å². The van der Waals surface area contributed by atoms with Gasteiger partial charge in [-0.05, 0) is 37.5 Å². The summed E-state index contributed by atoms with van der Waals surface area (Å²) in [7, 11) is 0. The maximum absolute atomic E-state index is 13.0. The molecule has 0 atom stereocenters. The molecular weight excluding hydrogens is 177 g/mol. The Morgan fingerprint density at radius 1 is 1.38 bits per heavy atom. The molecule has 0 saturated heterocycles. The quantitative estimate of drug-likeness (QED) is 0.665. The van der Waals surface area contributed by atoms with Crippen molar-refractivity contribution < 1.29 is 13.2 Å². The molecule has 1 aromatic carbocycles. The molecule has 0 unspecified atom stereocenters. The van der Waals surface area contributed by atoms with Crippen LogP contribution >= 0.6 is 0 Å². The van der Waals surface area contributed by atoms with Gasteiger partial charge >= 0.3 is 0 Å². The molecule has 0 aliphatic rings. The number of aryl methyl sites for hydroxylation is 1. The van der Waals surface area contributed by atoms with E-state index in [9.17, 15) is 13.2 Å². The van der Waals surface area contributed by atoms with Crippen molar-refractivity contribution in [3.05, 3.63) is 41.6 Å². The van der Waals surface area contributed by atoms with E-state index in [-0.39, 0.29) is 5.56 Å². The highest BCUT2D eigenvalue weighted by molar-refractivity contribution is 5.33. The van der Waals surface area contributed by atoms with Crippen molar-refractivity contribution in [2.24, 2.45) is 0 Å². The first-order valence-corrected chi connectivity index (χ1v) is 3.92. The lowest BCUT2D eigenvalue weighted by atomic mass is 10.0. The van der Waals surface area contributed by atoms with E-state index in [4.69, 9.17) is 0 Å². The maximum Gasteiger partial charge on any atom is 0.266 e. The molecule has 0 saturated carbocycles. The smallest absolute Gasteiger partial charge is 0.206 e. The zero-order chi connectivity index (χ0) is 10.0. The van der Waals surface area contributed by atoms with Gasteiger partial charge in [-0.2, -0.15) is 0 Å². The minimum Gasteiger partial charge on any atom is -0.206 e. The number of alkyl halides is 2. The maximum atomic E-state index is 13.0. The van der Waals surface area contributed by atoms with Crippen LogP contribution in [-0.2, 0) is 6.42 Å². The third kappa shape index (κ3) is 2.02. The largest absolute Gasteiger partial charge is 0.266 e. The van der Waals surface area contributed by atoms with E-state index in [0.717, 1.165) is 6.07 Å². The van der Waals surface area contributed by atoms with Gasteiger partial charge in [0.2, 0.25) is 0 Å². The summed E-state index contributed by atoms with van der Waals surface area (Å²) in [6.45, 7) is 5.03. The SMILES string of the molecule is [CH2]Cc1cc(C)c(C(F)F)c(F)c1. The monoisotopic (exact) mass is 187 g/mol. The molecule has 0 heterocycles. The Hall–Kier alpha value is -0.990. The van der Waals surface area contributed by atoms with E-state index < -0.39 is 17.8 Å². The Kier molecular flexibility index (Phi) is 2.96. The normalized spacial score (nSPS) is 10.9. The second kappa shape index (κ2) is 3.81. The van der Waals surface area contributed by atoms with Gasteiger partial charge in [-0.3, -0.25) is 0 Å². The molecule has 1 aromatic rings. The van der Waals surface area contributed by atoms with Crippen LogP contribution in [0.3, 0.4) is 0 Å². The van der Waals surface area contributed by atoms with Crippen LogP contribution in [0.2, 0.25) is 0 Å². The lowest BCUT2D eigenvalue weighted by Gasteiger charge is -2.08. The van der Waals surface area contributed by atoms with Gasteiger partial charge in [-0.25, -0.2) is 13.2 Å². The fourth-order valence-electron chi connectivity index (χ4n) is 1.25. The molecule has 1 radical (unpaired) electrons. The first kappa shape index (κ1) is 10.1. The third-order valence-electron chi connectivity index (χ3n) is 1.90. The molecule has 0 fully saturated rings. The van der Waals surface area contributed by atoms with Crippen molar-refractivity contribution >= 4 is 0 Å². The summed E-state index contributed by atoms with van der Waals surface area (Å²) in [6, 6.07) is 2.65. The van der Waals surface area contributed by atoms with E-state index in [1.165, 1.54) is 13.0 Å². The summed E-state index contributed by atoms with van der Waals surface area (Å²) in [4.78, 5) is 0. The lowest BCUT2D eigenvalue weighted by Crippen LogP contribution is -1.97. The molecule has 3 heteroatoms. The second-order valence-electron chi connectivity index (χ2n) is 2.86. The Bertz CT molecular complexity index is 282. The van der Waals surface area contributed by atoms with Crippen molar-refractivity contribution in [3.8, 4) is 0 Å². The summed E-state index contributed by atoms with van der Waals surface area (Å²) < 4.78 is 37.6. The molecule has 13 heavy (non-hydrogen) atoms. The van der Waals surface area contributed by atoms with Gasteiger partial charge in [0.15, 0.2) is 0 Å². The molecule has 1 rings (SSSR count). The highest BCUT2D eigenvalue weighted by atomic mass is 19.3. The summed E-state index contributed by atoms with van der Waals surface area (Å²) >= 11 is 0. The number of halogens is 3. The van der Waals surface area contributed by atoms with Gasteiger partial charge in [0, 0.05) is 0 Å². The van der Waals surface area contributed by atoms with Crippen molar-refractivity contribution in [1.29, 1.82) is 0 Å². The van der Waals surface area contributed by atoms with Gasteiger partial charge in [0.1, 0.15) is 5.82 Å². The first-order chi connectivity index (χ1) is 6.06. The second-order valence-corrected chi connectivity index (χ2v) is 2.86. The highest BCUT2D eigenvalue weighted by Crippen LogP contribution is 2.26. The van der Waals surface area contributed by atoms with Crippen LogP contribution in [0, 0.1) is 19.7 Å². The van der Waals surface area contributed by atoms with Crippen LogP contribution in [0.5, 0.6) is 0 Å². The van der Waals surface area contributed by atoms with Crippen molar-refractivity contribution in [1.82, 2.24) is 0 Å². The molecule has 71 valence electrons. The number of hydrogen-bond donors (Lipinski definition) is 0. The van der Waals surface area contributed by atoms with Crippen molar-refractivity contribution in [2.75, 3.05) is 0 Å². The summed E-state index contributed by atoms with van der Waals surface area (Å²) in [5, 5.41) is 0. The van der Waals surface area contributed by atoms with Gasteiger partial charge in [-0.15, -0.1) is 0 Å².